The molecule has 1 aromatic rings. The van der Waals surface area contributed by atoms with Crippen molar-refractivity contribution in [3.05, 3.63) is 42.0 Å². The summed E-state index contributed by atoms with van der Waals surface area (Å²) >= 11 is 0. The first-order chi connectivity index (χ1) is 16.5. The third-order valence-electron chi connectivity index (χ3n) is 7.17. The summed E-state index contributed by atoms with van der Waals surface area (Å²) in [6, 6.07) is 9.55. The van der Waals surface area contributed by atoms with Crippen LogP contribution in [0.3, 0.4) is 0 Å². The van der Waals surface area contributed by atoms with Gasteiger partial charge in [-0.2, -0.15) is 0 Å². The normalized spacial score (nSPS) is 25.9. The molecule has 3 aliphatic heterocycles. The summed E-state index contributed by atoms with van der Waals surface area (Å²) in [6.07, 6.45) is 5.45. The standard InChI is InChI=1S/C26H35N3O5/c1-27-18-21(34-26(32)29-13-7-4-8-14-29)17-22(25(31)33-2)23(27)24(30)28-15-11-20(12-16-28)19-9-5-3-6-10-19/h3,5-6,9-11,21-23H,4,7-8,12-18H2,1-2H3/t21-,22-,23-/m0/s1. The summed E-state index contributed by atoms with van der Waals surface area (Å²) in [5.41, 5.74) is 2.41. The molecule has 0 radical (unpaired) electrons. The maximum Gasteiger partial charge on any atom is 0.410 e. The quantitative estimate of drug-likeness (QED) is 0.631. The van der Waals surface area contributed by atoms with Crippen molar-refractivity contribution in [2.45, 2.75) is 44.2 Å². The Bertz CT molecular complexity index is 912. The lowest BCUT2D eigenvalue weighted by Crippen LogP contribution is -2.59. The number of piperidine rings is 2. The van der Waals surface area contributed by atoms with Gasteiger partial charge >= 0.3 is 12.1 Å². The maximum atomic E-state index is 13.5. The van der Waals surface area contributed by atoms with E-state index in [2.05, 4.69) is 18.2 Å². The van der Waals surface area contributed by atoms with Gasteiger partial charge in [0.15, 0.2) is 0 Å². The molecule has 2 saturated heterocycles. The first-order valence-electron chi connectivity index (χ1n) is 12.2. The van der Waals surface area contributed by atoms with Crippen LogP contribution in [0.1, 0.15) is 37.7 Å². The van der Waals surface area contributed by atoms with Crippen LogP contribution in [0.15, 0.2) is 36.4 Å². The number of esters is 1. The van der Waals surface area contributed by atoms with Crippen molar-refractivity contribution in [1.82, 2.24) is 14.7 Å². The summed E-state index contributed by atoms with van der Waals surface area (Å²) in [5.74, 6) is -1.21. The summed E-state index contributed by atoms with van der Waals surface area (Å²) in [4.78, 5) is 44.2. The van der Waals surface area contributed by atoms with Crippen LogP contribution in [0.2, 0.25) is 0 Å². The molecule has 2 fully saturated rings. The van der Waals surface area contributed by atoms with E-state index in [0.29, 0.717) is 32.7 Å². The predicted molar refractivity (Wildman–Crippen MR) is 128 cm³/mol. The van der Waals surface area contributed by atoms with Gasteiger partial charge in [0.05, 0.1) is 13.0 Å². The van der Waals surface area contributed by atoms with Crippen LogP contribution in [-0.2, 0) is 19.1 Å². The highest BCUT2D eigenvalue weighted by Gasteiger charge is 2.46. The average molecular weight is 470 g/mol. The molecule has 8 nitrogen and oxygen atoms in total. The Morgan fingerprint density at radius 1 is 0.971 bits per heavy atom. The number of benzene rings is 1. The van der Waals surface area contributed by atoms with Crippen LogP contribution in [-0.4, -0.2) is 91.7 Å². The Labute approximate surface area is 201 Å². The Hall–Kier alpha value is -2.87. The molecule has 4 rings (SSSR count). The van der Waals surface area contributed by atoms with E-state index in [-0.39, 0.29) is 18.4 Å². The lowest BCUT2D eigenvalue weighted by molar-refractivity contribution is -0.159. The number of likely N-dealkylation sites (tertiary alicyclic amines) is 2. The fraction of sp³-hybridized carbons (Fsp3) is 0.577. The molecule has 0 N–H and O–H groups in total. The van der Waals surface area contributed by atoms with Gasteiger partial charge in [-0.25, -0.2) is 4.79 Å². The highest BCUT2D eigenvalue weighted by molar-refractivity contribution is 5.89. The van der Waals surface area contributed by atoms with E-state index >= 15 is 0 Å². The van der Waals surface area contributed by atoms with Gasteiger partial charge in [-0.15, -0.1) is 0 Å². The van der Waals surface area contributed by atoms with Gasteiger partial charge in [-0.3, -0.25) is 14.5 Å². The van der Waals surface area contributed by atoms with Crippen LogP contribution in [0, 0.1) is 5.92 Å². The van der Waals surface area contributed by atoms with Crippen molar-refractivity contribution in [1.29, 1.82) is 0 Å². The number of nitrogens with zero attached hydrogens (tertiary/aromatic N) is 3. The number of hydrogen-bond donors (Lipinski definition) is 0. The smallest absolute Gasteiger partial charge is 0.410 e. The van der Waals surface area contributed by atoms with Gasteiger partial charge in [0.2, 0.25) is 5.91 Å². The van der Waals surface area contributed by atoms with E-state index in [1.165, 1.54) is 18.2 Å². The molecule has 3 atom stereocenters. The Morgan fingerprint density at radius 3 is 2.35 bits per heavy atom. The highest BCUT2D eigenvalue weighted by Crippen LogP contribution is 2.30. The first-order valence-corrected chi connectivity index (χ1v) is 12.2. The van der Waals surface area contributed by atoms with Crippen LogP contribution in [0.4, 0.5) is 4.79 Å². The molecular formula is C26H35N3O5. The van der Waals surface area contributed by atoms with Crippen molar-refractivity contribution in [3.8, 4) is 0 Å². The molecule has 0 aromatic heterocycles. The number of hydrogen-bond acceptors (Lipinski definition) is 6. The Kier molecular flexibility index (Phi) is 7.88. The van der Waals surface area contributed by atoms with E-state index in [9.17, 15) is 14.4 Å². The van der Waals surface area contributed by atoms with Crippen molar-refractivity contribution in [2.75, 3.05) is 46.9 Å². The Balaban J connectivity index is 1.42. The molecular weight excluding hydrogens is 434 g/mol. The predicted octanol–water partition coefficient (Wildman–Crippen LogP) is 2.79. The third-order valence-corrected chi connectivity index (χ3v) is 7.17. The van der Waals surface area contributed by atoms with E-state index in [1.54, 1.807) is 4.90 Å². The van der Waals surface area contributed by atoms with E-state index in [4.69, 9.17) is 9.47 Å². The van der Waals surface area contributed by atoms with Gasteiger partial charge in [0.1, 0.15) is 12.1 Å². The minimum Gasteiger partial charge on any atom is -0.469 e. The molecule has 34 heavy (non-hydrogen) atoms. The van der Waals surface area contributed by atoms with Crippen molar-refractivity contribution < 1.29 is 23.9 Å². The number of likely N-dealkylation sites (N-methyl/N-ethyl adjacent to an activating group) is 1. The molecule has 3 aliphatic rings. The first kappa shape index (κ1) is 24.3. The minimum absolute atomic E-state index is 0.0814. The number of carbonyl (C=O) groups excluding carboxylic acids is 3. The largest absolute Gasteiger partial charge is 0.469 e. The topological polar surface area (TPSA) is 79.4 Å². The van der Waals surface area contributed by atoms with Gasteiger partial charge in [-0.1, -0.05) is 36.4 Å². The van der Waals surface area contributed by atoms with Gasteiger partial charge < -0.3 is 19.3 Å². The van der Waals surface area contributed by atoms with Crippen molar-refractivity contribution in [3.63, 3.8) is 0 Å². The monoisotopic (exact) mass is 469 g/mol. The second-order valence-corrected chi connectivity index (χ2v) is 9.43. The fourth-order valence-corrected chi connectivity index (χ4v) is 5.32. The van der Waals surface area contributed by atoms with Gasteiger partial charge in [0.25, 0.3) is 0 Å². The van der Waals surface area contributed by atoms with Gasteiger partial charge in [0, 0.05) is 39.1 Å². The zero-order valence-electron chi connectivity index (χ0n) is 20.2. The Morgan fingerprint density at radius 2 is 1.71 bits per heavy atom. The number of methoxy groups -OCH3 is 1. The lowest BCUT2D eigenvalue weighted by Gasteiger charge is -2.43. The SMILES string of the molecule is COC(=O)[C@H]1C[C@H](OC(=O)N2CCCCC2)CN(C)[C@@H]1C(=O)N1CC=C(c2ccccc2)CC1. The summed E-state index contributed by atoms with van der Waals surface area (Å²) < 4.78 is 10.8. The zero-order valence-corrected chi connectivity index (χ0v) is 20.2. The van der Waals surface area contributed by atoms with E-state index < -0.39 is 24.0 Å². The lowest BCUT2D eigenvalue weighted by atomic mass is 9.86. The van der Waals surface area contributed by atoms with Crippen LogP contribution in [0.5, 0.6) is 0 Å². The van der Waals surface area contributed by atoms with Crippen molar-refractivity contribution >= 4 is 23.5 Å². The molecule has 0 aliphatic carbocycles. The zero-order chi connectivity index (χ0) is 24.1. The van der Waals surface area contributed by atoms with Crippen LogP contribution < -0.4 is 0 Å². The number of rotatable bonds is 4. The molecule has 2 amide bonds. The number of ether oxygens (including phenoxy) is 2. The summed E-state index contributed by atoms with van der Waals surface area (Å²) in [7, 11) is 3.15. The van der Waals surface area contributed by atoms with Crippen molar-refractivity contribution in [2.24, 2.45) is 5.92 Å². The molecule has 1 aromatic carbocycles. The molecule has 0 bridgehead atoms. The molecule has 8 heteroatoms. The molecule has 3 heterocycles. The maximum absolute atomic E-state index is 13.5. The second-order valence-electron chi connectivity index (χ2n) is 9.43. The van der Waals surface area contributed by atoms with Crippen LogP contribution in [0.25, 0.3) is 5.57 Å². The number of amides is 2. The minimum atomic E-state index is -0.685. The van der Waals surface area contributed by atoms with E-state index in [0.717, 1.165) is 25.7 Å². The molecule has 0 saturated carbocycles. The van der Waals surface area contributed by atoms with Gasteiger partial charge in [-0.05, 0) is 43.9 Å². The molecule has 0 spiro atoms. The fourth-order valence-electron chi connectivity index (χ4n) is 5.32. The highest BCUT2D eigenvalue weighted by atomic mass is 16.6. The van der Waals surface area contributed by atoms with E-state index in [1.807, 2.05) is 35.0 Å². The summed E-state index contributed by atoms with van der Waals surface area (Å²) in [6.45, 7) is 2.93. The average Bonchev–Trinajstić information content (AvgIpc) is 2.88. The second kappa shape index (κ2) is 11.0. The third kappa shape index (κ3) is 5.43. The molecule has 0 unspecified atom stereocenters. The molecule has 184 valence electrons. The van der Waals surface area contributed by atoms with Crippen LogP contribution >= 0.6 is 0 Å². The summed E-state index contributed by atoms with van der Waals surface area (Å²) in [5, 5.41) is 0. The number of carbonyl (C=O) groups is 3.